The summed E-state index contributed by atoms with van der Waals surface area (Å²) in [6.45, 7) is 1.91. The van der Waals surface area contributed by atoms with Gasteiger partial charge < -0.3 is 10.1 Å². The molecule has 0 fully saturated rings. The van der Waals surface area contributed by atoms with Gasteiger partial charge in [-0.2, -0.15) is 5.11 Å². The van der Waals surface area contributed by atoms with Crippen molar-refractivity contribution in [1.29, 1.82) is 0 Å². The number of rotatable bonds is 6. The van der Waals surface area contributed by atoms with Gasteiger partial charge in [-0.1, -0.05) is 11.6 Å². The van der Waals surface area contributed by atoms with Crippen LogP contribution in [-0.2, 0) is 23.6 Å². The summed E-state index contributed by atoms with van der Waals surface area (Å²) in [6, 6.07) is 6.53. The van der Waals surface area contributed by atoms with Crippen LogP contribution >= 0.6 is 11.6 Å². The van der Waals surface area contributed by atoms with E-state index in [0.717, 1.165) is 10.6 Å². The molecule has 1 N–H and O–H groups in total. The first-order valence-corrected chi connectivity index (χ1v) is 8.30. The molecule has 0 saturated heterocycles. The highest BCUT2D eigenvalue weighted by molar-refractivity contribution is 6.30. The Kier molecular flexibility index (Phi) is 6.67. The minimum atomic E-state index is -0.636. The molecule has 0 saturated carbocycles. The lowest BCUT2D eigenvalue weighted by Crippen LogP contribution is -2.37. The lowest BCUT2D eigenvalue weighted by molar-refractivity contribution is -0.137. The van der Waals surface area contributed by atoms with Gasteiger partial charge in [0.25, 0.3) is 5.56 Å². The SMILES string of the molecule is CCOC(=O)/C=C\Nc1c(N=Nc2ccc(Cl)cc2)c(=O)n(C)c(=O)n1C. The van der Waals surface area contributed by atoms with Crippen LogP contribution in [0.1, 0.15) is 6.92 Å². The third kappa shape index (κ3) is 4.91. The number of nitrogens with zero attached hydrogens (tertiary/aromatic N) is 4. The van der Waals surface area contributed by atoms with Crippen molar-refractivity contribution in [3.05, 3.63) is 62.4 Å². The molecule has 1 aromatic heterocycles. The van der Waals surface area contributed by atoms with E-state index < -0.39 is 17.2 Å². The van der Waals surface area contributed by atoms with E-state index >= 15 is 0 Å². The molecular weight excluding hydrogens is 374 g/mol. The molecule has 142 valence electrons. The van der Waals surface area contributed by atoms with Crippen LogP contribution in [0.2, 0.25) is 5.02 Å². The largest absolute Gasteiger partial charge is 0.463 e. The van der Waals surface area contributed by atoms with Gasteiger partial charge in [0, 0.05) is 31.4 Å². The van der Waals surface area contributed by atoms with E-state index in [1.807, 2.05) is 0 Å². The number of anilines is 1. The maximum absolute atomic E-state index is 12.5. The molecule has 0 aliphatic carbocycles. The number of hydrogen-bond acceptors (Lipinski definition) is 7. The fraction of sp³-hybridized carbons (Fsp3) is 0.235. The fourth-order valence-electron chi connectivity index (χ4n) is 2.08. The number of carbonyl (C=O) groups excluding carboxylic acids is 1. The number of aromatic nitrogens is 2. The molecule has 0 spiro atoms. The van der Waals surface area contributed by atoms with Gasteiger partial charge >= 0.3 is 11.7 Å². The monoisotopic (exact) mass is 391 g/mol. The van der Waals surface area contributed by atoms with E-state index in [4.69, 9.17) is 16.3 Å². The van der Waals surface area contributed by atoms with Crippen molar-refractivity contribution >= 4 is 34.8 Å². The maximum Gasteiger partial charge on any atom is 0.332 e. The Morgan fingerprint density at radius 2 is 1.85 bits per heavy atom. The van der Waals surface area contributed by atoms with Gasteiger partial charge in [0.1, 0.15) is 5.82 Å². The summed E-state index contributed by atoms with van der Waals surface area (Å²) in [7, 11) is 2.80. The molecular formula is C17H18ClN5O4. The Hall–Kier alpha value is -3.20. The van der Waals surface area contributed by atoms with E-state index in [1.165, 1.54) is 24.9 Å². The van der Waals surface area contributed by atoms with Crippen LogP contribution in [0.4, 0.5) is 17.2 Å². The van der Waals surface area contributed by atoms with Crippen molar-refractivity contribution in [3.8, 4) is 0 Å². The van der Waals surface area contributed by atoms with Crippen molar-refractivity contribution < 1.29 is 9.53 Å². The summed E-state index contributed by atoms with van der Waals surface area (Å²) >= 11 is 5.82. The average Bonchev–Trinajstić information content (AvgIpc) is 2.65. The highest BCUT2D eigenvalue weighted by Gasteiger charge is 2.15. The zero-order chi connectivity index (χ0) is 20.0. The van der Waals surface area contributed by atoms with Gasteiger partial charge in [0.15, 0.2) is 5.69 Å². The van der Waals surface area contributed by atoms with Gasteiger partial charge in [-0.25, -0.2) is 9.59 Å². The Labute approximate surface area is 159 Å². The number of nitrogens with one attached hydrogen (secondary N) is 1. The molecule has 0 radical (unpaired) electrons. The second kappa shape index (κ2) is 8.95. The maximum atomic E-state index is 12.5. The smallest absolute Gasteiger partial charge is 0.332 e. The van der Waals surface area contributed by atoms with Gasteiger partial charge in [0.2, 0.25) is 0 Å². The van der Waals surface area contributed by atoms with E-state index in [9.17, 15) is 14.4 Å². The molecule has 1 aromatic carbocycles. The van der Waals surface area contributed by atoms with E-state index in [1.54, 1.807) is 31.2 Å². The Morgan fingerprint density at radius 1 is 1.19 bits per heavy atom. The summed E-state index contributed by atoms with van der Waals surface area (Å²) in [4.78, 5) is 36.0. The number of benzene rings is 1. The van der Waals surface area contributed by atoms with Crippen molar-refractivity contribution in [2.45, 2.75) is 6.92 Å². The Bertz CT molecular complexity index is 1010. The van der Waals surface area contributed by atoms with E-state index in [2.05, 4.69) is 15.5 Å². The lowest BCUT2D eigenvalue weighted by Gasteiger charge is -2.11. The van der Waals surface area contributed by atoms with Crippen LogP contribution < -0.4 is 16.6 Å². The van der Waals surface area contributed by atoms with Gasteiger partial charge in [0.05, 0.1) is 12.3 Å². The number of halogens is 1. The molecule has 0 amide bonds. The summed E-state index contributed by atoms with van der Waals surface area (Å²) in [5, 5.41) is 11.2. The molecule has 0 bridgehead atoms. The van der Waals surface area contributed by atoms with E-state index in [0.29, 0.717) is 10.7 Å². The first kappa shape index (κ1) is 20.1. The molecule has 0 aliphatic heterocycles. The first-order chi connectivity index (χ1) is 12.8. The minimum Gasteiger partial charge on any atom is -0.463 e. The first-order valence-electron chi connectivity index (χ1n) is 7.92. The number of ether oxygens (including phenoxy) is 1. The summed E-state index contributed by atoms with van der Waals surface area (Å²) in [5.74, 6) is -0.482. The van der Waals surface area contributed by atoms with Crippen LogP contribution in [0.5, 0.6) is 0 Å². The molecule has 0 unspecified atom stereocenters. The van der Waals surface area contributed by atoms with Crippen molar-refractivity contribution in [2.24, 2.45) is 24.3 Å². The standard InChI is InChI=1S/C17H18ClN5O4/c1-4-27-13(24)9-10-19-15-14(16(25)23(3)17(26)22(15)2)21-20-12-7-5-11(18)6-8-12/h5-10,19H,4H2,1-3H3/b10-9-,21-20?. The van der Waals surface area contributed by atoms with E-state index in [-0.39, 0.29) is 18.1 Å². The summed E-state index contributed by atoms with van der Waals surface area (Å²) in [6.07, 6.45) is 2.39. The molecule has 27 heavy (non-hydrogen) atoms. The predicted octanol–water partition coefficient (Wildman–Crippen LogP) is 2.64. The molecule has 2 rings (SSSR count). The van der Waals surface area contributed by atoms with Crippen LogP contribution in [-0.4, -0.2) is 21.7 Å². The third-order valence-electron chi connectivity index (χ3n) is 3.46. The third-order valence-corrected chi connectivity index (χ3v) is 3.71. The molecule has 0 aliphatic rings. The Balaban J connectivity index is 2.45. The second-order valence-electron chi connectivity index (χ2n) is 5.31. The molecule has 0 atom stereocenters. The van der Waals surface area contributed by atoms with Crippen LogP contribution in [0.15, 0.2) is 56.4 Å². The minimum absolute atomic E-state index is 0.0846. The number of carbonyl (C=O) groups is 1. The Morgan fingerprint density at radius 3 is 2.48 bits per heavy atom. The van der Waals surface area contributed by atoms with Crippen LogP contribution in [0, 0.1) is 0 Å². The highest BCUT2D eigenvalue weighted by atomic mass is 35.5. The van der Waals surface area contributed by atoms with Crippen LogP contribution in [0.3, 0.4) is 0 Å². The quantitative estimate of drug-likeness (QED) is 0.462. The topological polar surface area (TPSA) is 107 Å². The molecule has 9 nitrogen and oxygen atoms in total. The predicted molar refractivity (Wildman–Crippen MR) is 102 cm³/mol. The average molecular weight is 392 g/mol. The van der Waals surface area contributed by atoms with Gasteiger partial charge in [-0.05, 0) is 31.2 Å². The summed E-state index contributed by atoms with van der Waals surface area (Å²) < 4.78 is 6.87. The number of hydrogen-bond donors (Lipinski definition) is 1. The number of azo groups is 1. The van der Waals surface area contributed by atoms with Gasteiger partial charge in [-0.3, -0.25) is 13.9 Å². The molecule has 2 aromatic rings. The lowest BCUT2D eigenvalue weighted by atomic mass is 10.3. The van der Waals surface area contributed by atoms with Crippen molar-refractivity contribution in [2.75, 3.05) is 11.9 Å². The zero-order valence-electron chi connectivity index (χ0n) is 15.0. The highest BCUT2D eigenvalue weighted by Crippen LogP contribution is 2.22. The molecule has 1 heterocycles. The van der Waals surface area contributed by atoms with Crippen LogP contribution in [0.25, 0.3) is 0 Å². The van der Waals surface area contributed by atoms with Crippen molar-refractivity contribution in [1.82, 2.24) is 9.13 Å². The fourth-order valence-corrected chi connectivity index (χ4v) is 2.20. The van der Waals surface area contributed by atoms with Crippen molar-refractivity contribution in [3.63, 3.8) is 0 Å². The summed E-state index contributed by atoms with van der Waals surface area (Å²) in [5.41, 5.74) is -0.813. The zero-order valence-corrected chi connectivity index (χ0v) is 15.7. The second-order valence-corrected chi connectivity index (χ2v) is 5.75. The van der Waals surface area contributed by atoms with Gasteiger partial charge in [-0.15, -0.1) is 5.11 Å². The molecule has 10 heteroatoms. The number of esters is 1. The normalized spacial score (nSPS) is 11.3.